The Balaban J connectivity index is 1.33. The predicted octanol–water partition coefficient (Wildman–Crippen LogP) is 4.14. The number of nitrogens with zero attached hydrogens (tertiary/aromatic N) is 4. The molecule has 8 heteroatoms. The molecule has 0 atom stereocenters. The smallest absolute Gasteiger partial charge is 0.156 e. The highest BCUT2D eigenvalue weighted by Gasteiger charge is 2.16. The number of hydrogen-bond acceptors (Lipinski definition) is 6. The van der Waals surface area contributed by atoms with E-state index in [0.29, 0.717) is 29.4 Å². The van der Waals surface area contributed by atoms with E-state index in [-0.39, 0.29) is 5.82 Å². The number of fused-ring (bicyclic) bond motifs is 1. The molecule has 1 aliphatic heterocycles. The summed E-state index contributed by atoms with van der Waals surface area (Å²) in [4.78, 5) is 9.18. The summed E-state index contributed by atoms with van der Waals surface area (Å²) in [5.41, 5.74) is 4.04. The van der Waals surface area contributed by atoms with Crippen LogP contribution < -0.4 is 15.0 Å². The highest BCUT2D eigenvalue weighted by molar-refractivity contribution is 5.92. The van der Waals surface area contributed by atoms with Gasteiger partial charge in [-0.05, 0) is 42.9 Å². The van der Waals surface area contributed by atoms with Gasteiger partial charge in [0, 0.05) is 43.8 Å². The number of hydrogen-bond donors (Lipinski definition) is 2. The van der Waals surface area contributed by atoms with Gasteiger partial charge in [-0.1, -0.05) is 18.2 Å². The van der Waals surface area contributed by atoms with Gasteiger partial charge in [0.25, 0.3) is 0 Å². The maximum absolute atomic E-state index is 14.5. The van der Waals surface area contributed by atoms with Crippen LogP contribution in [0.4, 0.5) is 15.9 Å². The fourth-order valence-electron chi connectivity index (χ4n) is 4.19. The Morgan fingerprint density at radius 3 is 2.64 bits per heavy atom. The van der Waals surface area contributed by atoms with E-state index >= 15 is 0 Å². The second kappa shape index (κ2) is 9.07. The molecule has 0 saturated carbocycles. The van der Waals surface area contributed by atoms with Crippen molar-refractivity contribution in [3.8, 4) is 17.0 Å². The third-order valence-corrected chi connectivity index (χ3v) is 6.16. The maximum atomic E-state index is 14.5. The molecule has 0 aliphatic carbocycles. The molecule has 1 aliphatic rings. The van der Waals surface area contributed by atoms with Crippen LogP contribution in [0.3, 0.4) is 0 Å². The molecule has 0 spiro atoms. The number of likely N-dealkylation sites (N-methyl/N-ethyl adjacent to an activating group) is 1. The van der Waals surface area contributed by atoms with Crippen molar-refractivity contribution in [2.75, 3.05) is 50.6 Å². The van der Waals surface area contributed by atoms with Crippen LogP contribution in [0.2, 0.25) is 0 Å². The summed E-state index contributed by atoms with van der Waals surface area (Å²) in [6, 6.07) is 15.2. The SMILES string of the molecule is COc1cccc(F)c1-c1cc2c(NCc3ccc(N4CCN(C)CC4)cc3)n[nH]c2cn1. The van der Waals surface area contributed by atoms with Gasteiger partial charge in [0.05, 0.1) is 30.1 Å². The fourth-order valence-corrected chi connectivity index (χ4v) is 4.19. The number of aromatic nitrogens is 3. The molecule has 0 bridgehead atoms. The monoisotopic (exact) mass is 446 g/mol. The number of piperazine rings is 1. The molecule has 170 valence electrons. The van der Waals surface area contributed by atoms with Crippen LogP contribution in [-0.4, -0.2) is 60.4 Å². The topological polar surface area (TPSA) is 69.3 Å². The molecule has 3 heterocycles. The van der Waals surface area contributed by atoms with E-state index in [1.54, 1.807) is 18.3 Å². The molecule has 0 unspecified atom stereocenters. The lowest BCUT2D eigenvalue weighted by molar-refractivity contribution is 0.313. The average molecular weight is 447 g/mol. The minimum absolute atomic E-state index is 0.341. The van der Waals surface area contributed by atoms with Crippen LogP contribution in [0.1, 0.15) is 5.56 Å². The maximum Gasteiger partial charge on any atom is 0.156 e. The van der Waals surface area contributed by atoms with Crippen molar-refractivity contribution >= 4 is 22.4 Å². The predicted molar refractivity (Wildman–Crippen MR) is 129 cm³/mol. The van der Waals surface area contributed by atoms with E-state index in [1.165, 1.54) is 18.9 Å². The van der Waals surface area contributed by atoms with Gasteiger partial charge in [-0.15, -0.1) is 0 Å². The van der Waals surface area contributed by atoms with Crippen LogP contribution in [0, 0.1) is 5.82 Å². The molecule has 2 aromatic carbocycles. The van der Waals surface area contributed by atoms with E-state index < -0.39 is 0 Å². The van der Waals surface area contributed by atoms with E-state index in [1.807, 2.05) is 6.07 Å². The molecule has 1 fully saturated rings. The van der Waals surface area contributed by atoms with Crippen molar-refractivity contribution in [3.05, 3.63) is 66.1 Å². The molecule has 0 radical (unpaired) electrons. The first-order valence-electron chi connectivity index (χ1n) is 11.1. The number of methoxy groups -OCH3 is 1. The Bertz CT molecular complexity index is 1250. The van der Waals surface area contributed by atoms with Gasteiger partial charge in [0.15, 0.2) is 5.82 Å². The Labute approximate surface area is 192 Å². The third-order valence-electron chi connectivity index (χ3n) is 6.16. The fraction of sp³-hybridized carbons (Fsp3) is 0.280. The second-order valence-electron chi connectivity index (χ2n) is 8.31. The van der Waals surface area contributed by atoms with Crippen molar-refractivity contribution in [3.63, 3.8) is 0 Å². The number of rotatable bonds is 6. The van der Waals surface area contributed by atoms with E-state index in [4.69, 9.17) is 4.74 Å². The number of nitrogens with one attached hydrogen (secondary N) is 2. The lowest BCUT2D eigenvalue weighted by Crippen LogP contribution is -2.44. The van der Waals surface area contributed by atoms with Gasteiger partial charge in [0.1, 0.15) is 11.6 Å². The number of pyridine rings is 1. The first-order chi connectivity index (χ1) is 16.1. The molecule has 2 aromatic heterocycles. The summed E-state index contributed by atoms with van der Waals surface area (Å²) in [7, 11) is 3.69. The number of aromatic amines is 1. The molecule has 1 saturated heterocycles. The van der Waals surface area contributed by atoms with Crippen LogP contribution in [0.5, 0.6) is 5.75 Å². The summed E-state index contributed by atoms with van der Waals surface area (Å²) >= 11 is 0. The molecule has 33 heavy (non-hydrogen) atoms. The Kier molecular flexibility index (Phi) is 5.83. The highest BCUT2D eigenvalue weighted by Crippen LogP contribution is 2.33. The van der Waals surface area contributed by atoms with Crippen molar-refractivity contribution < 1.29 is 9.13 Å². The number of benzene rings is 2. The normalized spacial score (nSPS) is 14.6. The molecule has 0 amide bonds. The summed E-state index contributed by atoms with van der Waals surface area (Å²) in [6.07, 6.45) is 1.67. The second-order valence-corrected chi connectivity index (χ2v) is 8.31. The zero-order valence-corrected chi connectivity index (χ0v) is 18.8. The quantitative estimate of drug-likeness (QED) is 0.464. The number of ether oxygens (including phenoxy) is 1. The molecular formula is C25H27FN6O. The van der Waals surface area contributed by atoms with Crippen molar-refractivity contribution in [1.82, 2.24) is 20.1 Å². The standard InChI is InChI=1S/C25H27FN6O/c1-31-10-12-32(13-11-31)18-8-6-17(7-9-18)15-28-25-19-14-21(27-16-22(19)29-30-25)24-20(26)4-3-5-23(24)33-2/h3-9,14,16H,10-13,15H2,1-2H3,(H2,28,29,30). The van der Waals surface area contributed by atoms with Gasteiger partial charge in [-0.2, -0.15) is 5.10 Å². The molecule has 5 rings (SSSR count). The van der Waals surface area contributed by atoms with E-state index in [9.17, 15) is 4.39 Å². The summed E-state index contributed by atoms with van der Waals surface area (Å²) < 4.78 is 19.9. The molecule has 7 nitrogen and oxygen atoms in total. The van der Waals surface area contributed by atoms with Crippen molar-refractivity contribution in [2.24, 2.45) is 0 Å². The average Bonchev–Trinajstić information content (AvgIpc) is 3.25. The first-order valence-corrected chi connectivity index (χ1v) is 11.1. The summed E-state index contributed by atoms with van der Waals surface area (Å²) in [6.45, 7) is 4.91. The minimum Gasteiger partial charge on any atom is -0.496 e. The Morgan fingerprint density at radius 1 is 1.09 bits per heavy atom. The van der Waals surface area contributed by atoms with Crippen LogP contribution in [-0.2, 0) is 6.54 Å². The van der Waals surface area contributed by atoms with E-state index in [2.05, 4.69) is 61.6 Å². The van der Waals surface area contributed by atoms with Gasteiger partial charge < -0.3 is 19.9 Å². The summed E-state index contributed by atoms with van der Waals surface area (Å²) in [5.74, 6) is 0.770. The van der Waals surface area contributed by atoms with Gasteiger partial charge in [-0.25, -0.2) is 4.39 Å². The highest BCUT2D eigenvalue weighted by atomic mass is 19.1. The molecule has 2 N–H and O–H groups in total. The lowest BCUT2D eigenvalue weighted by atomic mass is 10.1. The van der Waals surface area contributed by atoms with Crippen LogP contribution in [0.25, 0.3) is 22.2 Å². The lowest BCUT2D eigenvalue weighted by Gasteiger charge is -2.34. The van der Waals surface area contributed by atoms with Crippen LogP contribution >= 0.6 is 0 Å². The zero-order valence-electron chi connectivity index (χ0n) is 18.8. The molecule has 4 aromatic rings. The number of anilines is 2. The Morgan fingerprint density at radius 2 is 1.88 bits per heavy atom. The van der Waals surface area contributed by atoms with Gasteiger partial charge in [-0.3, -0.25) is 10.1 Å². The van der Waals surface area contributed by atoms with Gasteiger partial charge in [0.2, 0.25) is 0 Å². The minimum atomic E-state index is -0.375. The zero-order chi connectivity index (χ0) is 22.8. The van der Waals surface area contributed by atoms with E-state index in [0.717, 1.165) is 42.6 Å². The first kappa shape index (κ1) is 21.2. The largest absolute Gasteiger partial charge is 0.496 e. The molecular weight excluding hydrogens is 419 g/mol. The third kappa shape index (κ3) is 4.34. The van der Waals surface area contributed by atoms with Crippen LogP contribution in [0.15, 0.2) is 54.7 Å². The number of halogens is 1. The summed E-state index contributed by atoms with van der Waals surface area (Å²) in [5, 5.41) is 11.6. The van der Waals surface area contributed by atoms with Crippen molar-refractivity contribution in [1.29, 1.82) is 0 Å². The Hall–Kier alpha value is -3.65. The number of H-pyrrole nitrogens is 1. The van der Waals surface area contributed by atoms with Crippen molar-refractivity contribution in [2.45, 2.75) is 6.54 Å². The van der Waals surface area contributed by atoms with Gasteiger partial charge >= 0.3 is 0 Å².